The number of carbonyl (C=O) groups is 2. The quantitative estimate of drug-likeness (QED) is 0.101. The predicted octanol–water partition coefficient (Wildman–Crippen LogP) is 4.56. The van der Waals surface area contributed by atoms with Crippen LogP contribution in [0.1, 0.15) is 60.2 Å². The van der Waals surface area contributed by atoms with E-state index in [1.54, 1.807) is 8.87 Å². The van der Waals surface area contributed by atoms with Crippen molar-refractivity contribution >= 4 is 44.3 Å². The smallest absolute Gasteiger partial charge is 0.274 e. The molecule has 0 aromatic heterocycles. The molecule has 0 heterocycles. The normalized spacial score (nSPS) is 9.49. The third-order valence-electron chi connectivity index (χ3n) is 4.26. The van der Waals surface area contributed by atoms with E-state index in [1.807, 2.05) is 0 Å². The van der Waals surface area contributed by atoms with E-state index in [2.05, 4.69) is 13.8 Å². The van der Waals surface area contributed by atoms with Gasteiger partial charge in [0.25, 0.3) is 23.2 Å². The van der Waals surface area contributed by atoms with Crippen LogP contribution in [0.2, 0.25) is 8.87 Å². The summed E-state index contributed by atoms with van der Waals surface area (Å²) < 4.78 is 3.25. The Morgan fingerprint density at radius 3 is 1.46 bits per heavy atom. The minimum absolute atomic E-state index is 0.0386. The number of nitro benzene ring substituents is 2. The number of hydrogen-bond donors (Lipinski definition) is 4. The van der Waals surface area contributed by atoms with Crippen LogP contribution in [0, 0.1) is 20.2 Å². The van der Waals surface area contributed by atoms with Gasteiger partial charge in [0, 0.05) is 35.4 Å². The molecule has 0 fully saturated rings. The Morgan fingerprint density at radius 1 is 0.800 bits per heavy atom. The van der Waals surface area contributed by atoms with Gasteiger partial charge in [0.05, 0.1) is 9.85 Å². The van der Waals surface area contributed by atoms with Gasteiger partial charge in [0.1, 0.15) is 0 Å². The molecule has 35 heavy (non-hydrogen) atoms. The average molecular weight is 597 g/mol. The van der Waals surface area contributed by atoms with Gasteiger partial charge in [-0.05, 0) is 12.1 Å². The van der Waals surface area contributed by atoms with Crippen LogP contribution >= 0.6 is 0 Å². The van der Waals surface area contributed by atoms with Gasteiger partial charge in [-0.25, -0.2) is 11.0 Å². The van der Waals surface area contributed by atoms with Crippen molar-refractivity contribution in [3.8, 4) is 0 Å². The fraction of sp³-hybridized carbons (Fsp3) is 0.364. The molecular formula is C22H30N4O8Sn. The van der Waals surface area contributed by atoms with E-state index >= 15 is 0 Å². The van der Waals surface area contributed by atoms with Crippen molar-refractivity contribution in [2.45, 2.75) is 48.4 Å². The van der Waals surface area contributed by atoms with Crippen LogP contribution in [-0.2, 0) is 0 Å². The first-order valence-electron chi connectivity index (χ1n) is 10.8. The molecule has 0 spiro atoms. The summed E-state index contributed by atoms with van der Waals surface area (Å²) in [6.45, 7) is 4.58. The van der Waals surface area contributed by atoms with Crippen molar-refractivity contribution in [3.05, 3.63) is 79.9 Å². The molecule has 0 aliphatic rings. The fourth-order valence-electron chi connectivity index (χ4n) is 2.38. The molecule has 0 bridgehead atoms. The summed E-state index contributed by atoms with van der Waals surface area (Å²) in [6.07, 6.45) is 5.84. The Hall–Kier alpha value is -3.10. The van der Waals surface area contributed by atoms with E-state index in [0.717, 1.165) is 12.1 Å². The van der Waals surface area contributed by atoms with Crippen molar-refractivity contribution < 1.29 is 29.9 Å². The Kier molecular flexibility index (Phi) is 17.5. The molecule has 2 radical (unpaired) electrons. The Morgan fingerprint density at radius 2 is 1.17 bits per heavy atom. The van der Waals surface area contributed by atoms with Crippen LogP contribution in [-0.4, -0.2) is 53.2 Å². The molecule has 2 aromatic rings. The molecule has 0 saturated heterocycles. The number of carbonyl (C=O) groups excluding carboxylic acids is 2. The standard InChI is InChI=1S/2C7H6N2O4.2C4H9.Sn/c2*10-7(8-11)5-2-1-3-6(4-5)9(12)13;2*1-3-4-2;/h2*1-4,11H,(H,8,10);2*1,3-4H2,2H3;. The molecule has 0 aliphatic carbocycles. The maximum Gasteiger partial charge on any atom is 0.274 e. The molecule has 0 unspecified atom stereocenters. The van der Waals surface area contributed by atoms with Crippen LogP contribution in [0.25, 0.3) is 0 Å². The second-order valence-corrected chi connectivity index (χ2v) is 11.2. The molecular weight excluding hydrogens is 567 g/mol. The molecule has 2 rings (SSSR count). The summed E-state index contributed by atoms with van der Waals surface area (Å²) >= 11 is 0.149. The topological polar surface area (TPSA) is 185 Å². The number of unbranched alkanes of at least 4 members (excludes halogenated alkanes) is 2. The third-order valence-corrected chi connectivity index (χ3v) is 8.29. The first-order chi connectivity index (χ1) is 16.7. The monoisotopic (exact) mass is 598 g/mol. The zero-order valence-electron chi connectivity index (χ0n) is 19.6. The van der Waals surface area contributed by atoms with E-state index in [4.69, 9.17) is 10.4 Å². The zero-order valence-corrected chi connectivity index (χ0v) is 22.5. The maximum absolute atomic E-state index is 10.8. The molecule has 12 nitrogen and oxygen atoms in total. The second kappa shape index (κ2) is 19.2. The largest absolute Gasteiger partial charge is 0.288 e. The number of nitrogens with one attached hydrogen (secondary N) is 2. The predicted molar refractivity (Wildman–Crippen MR) is 130 cm³/mol. The minimum Gasteiger partial charge on any atom is -0.288 e. The zero-order chi connectivity index (χ0) is 26.6. The van der Waals surface area contributed by atoms with Crippen LogP contribution in [0.4, 0.5) is 11.4 Å². The molecule has 4 N–H and O–H groups in total. The van der Waals surface area contributed by atoms with E-state index < -0.39 is 21.7 Å². The summed E-state index contributed by atoms with van der Waals surface area (Å²) in [4.78, 5) is 40.9. The van der Waals surface area contributed by atoms with Crippen LogP contribution in [0.15, 0.2) is 48.5 Å². The molecule has 0 atom stereocenters. The summed E-state index contributed by atoms with van der Waals surface area (Å²) in [7, 11) is 0. The van der Waals surface area contributed by atoms with E-state index in [1.165, 1.54) is 73.0 Å². The number of amides is 2. The molecule has 190 valence electrons. The Bertz CT molecular complexity index is 883. The molecule has 2 amide bonds. The number of non-ortho nitro benzene ring substituents is 2. The van der Waals surface area contributed by atoms with Gasteiger partial charge in [0.15, 0.2) is 0 Å². The van der Waals surface area contributed by atoms with Crippen molar-refractivity contribution in [2.24, 2.45) is 0 Å². The van der Waals surface area contributed by atoms with Gasteiger partial charge < -0.3 is 0 Å². The summed E-state index contributed by atoms with van der Waals surface area (Å²) in [5.41, 5.74) is 2.46. The van der Waals surface area contributed by atoms with Crippen molar-refractivity contribution in [3.63, 3.8) is 0 Å². The molecule has 2 aromatic carbocycles. The maximum atomic E-state index is 10.8. The van der Waals surface area contributed by atoms with E-state index in [-0.39, 0.29) is 43.6 Å². The van der Waals surface area contributed by atoms with Gasteiger partial charge >= 0.3 is 69.5 Å². The number of hydroxylamine groups is 2. The van der Waals surface area contributed by atoms with Crippen LogP contribution in [0.5, 0.6) is 0 Å². The SMILES string of the molecule is CCC[CH2][Sn][CH2]CCC.O=C(NO)c1cccc([N+](=O)[O-])c1.O=C(NO)c1cccc([N+](=O)[O-])c1. The van der Waals surface area contributed by atoms with Gasteiger partial charge in [-0.15, -0.1) is 0 Å². The van der Waals surface area contributed by atoms with Crippen LogP contribution < -0.4 is 11.0 Å². The van der Waals surface area contributed by atoms with E-state index in [9.17, 15) is 29.8 Å². The summed E-state index contributed by atoms with van der Waals surface area (Å²) in [6, 6.07) is 10.1. The van der Waals surface area contributed by atoms with Gasteiger partial charge in [0.2, 0.25) is 0 Å². The van der Waals surface area contributed by atoms with Gasteiger partial charge in [-0.2, -0.15) is 0 Å². The molecule has 0 aliphatic heterocycles. The Balaban J connectivity index is 0.000000506. The first-order valence-corrected chi connectivity index (χ1v) is 14.8. The van der Waals surface area contributed by atoms with Crippen molar-refractivity contribution in [1.29, 1.82) is 0 Å². The second-order valence-electron chi connectivity index (χ2n) is 6.95. The molecule has 0 saturated carbocycles. The first kappa shape index (κ1) is 31.9. The van der Waals surface area contributed by atoms with Crippen LogP contribution in [0.3, 0.4) is 0 Å². The Labute approximate surface area is 213 Å². The van der Waals surface area contributed by atoms with E-state index in [0.29, 0.717) is 0 Å². The number of rotatable bonds is 10. The summed E-state index contributed by atoms with van der Waals surface area (Å²) in [5, 5.41) is 37.0. The van der Waals surface area contributed by atoms with Gasteiger partial charge in [-0.1, -0.05) is 12.1 Å². The minimum atomic E-state index is -0.774. The van der Waals surface area contributed by atoms with Crippen molar-refractivity contribution in [2.75, 3.05) is 0 Å². The average Bonchev–Trinajstić information content (AvgIpc) is 2.88. The number of nitro groups is 2. The van der Waals surface area contributed by atoms with Gasteiger partial charge in [-0.3, -0.25) is 40.2 Å². The van der Waals surface area contributed by atoms with Crippen molar-refractivity contribution in [1.82, 2.24) is 11.0 Å². The third kappa shape index (κ3) is 14.0. The fourth-order valence-corrected chi connectivity index (χ4v) is 6.54. The number of nitrogens with zero attached hydrogens (tertiary/aromatic N) is 2. The molecule has 13 heteroatoms. The number of benzene rings is 2. The summed E-state index contributed by atoms with van der Waals surface area (Å²) in [5.74, 6) is -1.55. The number of hydrogen-bond acceptors (Lipinski definition) is 8.